The molecule has 21 heteroatoms. The second-order valence-corrected chi connectivity index (χ2v) is 10.9. The highest BCUT2D eigenvalue weighted by Crippen LogP contribution is 2.64. The number of aryl methyl sites for hydroxylation is 2. The molecule has 2 aromatic rings. The Morgan fingerprint density at radius 2 is 0.927 bits per heavy atom. The van der Waals surface area contributed by atoms with Gasteiger partial charge in [-0.15, -0.1) is 22.7 Å². The van der Waals surface area contributed by atoms with Gasteiger partial charge in [-0.25, -0.2) is 14.4 Å². The topological polar surface area (TPSA) is 25.8 Å². The predicted molar refractivity (Wildman–Crippen MR) is 109 cm³/mol. The van der Waals surface area contributed by atoms with Crippen molar-refractivity contribution in [3.05, 3.63) is 44.1 Å². The Kier molecular flexibility index (Phi) is 7.48. The summed E-state index contributed by atoms with van der Waals surface area (Å²) in [5, 5.41) is -2.05. The van der Waals surface area contributed by atoms with E-state index in [2.05, 4.69) is 9.97 Å². The fourth-order valence-electron chi connectivity index (χ4n) is 3.30. The molecule has 0 atom stereocenters. The van der Waals surface area contributed by atoms with E-state index in [-0.39, 0.29) is 21.1 Å². The molecule has 0 saturated carbocycles. The molecule has 0 aliphatic heterocycles. The summed E-state index contributed by atoms with van der Waals surface area (Å²) in [4.78, 5) is 6.76. The second kappa shape index (κ2) is 9.27. The average molecular weight is 664 g/mol. The van der Waals surface area contributed by atoms with Crippen molar-refractivity contribution in [2.45, 2.75) is 61.2 Å². The largest absolute Gasteiger partial charge is 0.385 e. The lowest BCUT2D eigenvalue weighted by molar-refractivity contribution is -0.355. The molecule has 2 aliphatic rings. The van der Waals surface area contributed by atoms with E-state index in [0.29, 0.717) is 11.3 Å². The first-order valence-electron chi connectivity index (χ1n) is 10.1. The molecule has 0 aromatic carbocycles. The molecule has 0 unspecified atom stereocenters. The van der Waals surface area contributed by atoms with E-state index in [1.807, 2.05) is 0 Å². The fourth-order valence-corrected chi connectivity index (χ4v) is 4.94. The van der Waals surface area contributed by atoms with Gasteiger partial charge in [-0.1, -0.05) is 0 Å². The smallest absolute Gasteiger partial charge is 0.244 e. The van der Waals surface area contributed by atoms with Gasteiger partial charge in [0.25, 0.3) is 0 Å². The van der Waals surface area contributed by atoms with Gasteiger partial charge in [0, 0.05) is 28.2 Å². The van der Waals surface area contributed by atoms with Crippen LogP contribution in [-0.2, 0) is 0 Å². The number of alkyl halides is 16. The first-order valence-corrected chi connectivity index (χ1v) is 11.8. The first-order chi connectivity index (χ1) is 18.1. The lowest BCUT2D eigenvalue weighted by Crippen LogP contribution is -2.66. The van der Waals surface area contributed by atoms with E-state index in [9.17, 15) is 74.6 Å². The summed E-state index contributed by atoms with van der Waals surface area (Å²) in [5.74, 6) is -51.6. The summed E-state index contributed by atoms with van der Waals surface area (Å²) in [6.07, 6.45) is 0.988. The molecule has 2 aliphatic carbocycles. The van der Waals surface area contributed by atoms with Gasteiger partial charge in [-0.2, -0.15) is 70.2 Å². The number of allylic oxidation sites excluding steroid dienone is 4. The number of rotatable bonds is 2. The van der Waals surface area contributed by atoms with Crippen molar-refractivity contribution in [2.24, 2.45) is 0 Å². The average Bonchev–Trinajstić information content (AvgIpc) is 3.43. The standard InChI is InChI=1S/C10H4F9NS.C10H5F8NS/c1-3-2-20-6(21-3)4-5(11)8(14,15)10(18,19)9(16,17)7(4,12)13;1-4-3-19-6(20-4)5-2-7(11,12)9(15,16)10(17,18)8(5,13)14/h2H,1H3;2-3H,1H3. The molecule has 2 heterocycles. The summed E-state index contributed by atoms with van der Waals surface area (Å²) in [5.41, 5.74) is -4.40. The summed E-state index contributed by atoms with van der Waals surface area (Å²) < 4.78 is 224. The van der Waals surface area contributed by atoms with Crippen LogP contribution in [0.2, 0.25) is 0 Å². The van der Waals surface area contributed by atoms with Gasteiger partial charge in [0.05, 0.1) is 5.57 Å². The van der Waals surface area contributed by atoms with Crippen LogP contribution in [0.3, 0.4) is 0 Å². The lowest BCUT2D eigenvalue weighted by atomic mass is 9.85. The Hall–Kier alpha value is -2.45. The van der Waals surface area contributed by atoms with Crippen LogP contribution in [0.15, 0.2) is 24.3 Å². The summed E-state index contributed by atoms with van der Waals surface area (Å²) in [6.45, 7) is 2.62. The van der Waals surface area contributed by atoms with Crippen LogP contribution in [-0.4, -0.2) is 57.3 Å². The number of hydrogen-bond donors (Lipinski definition) is 0. The Bertz CT molecular complexity index is 1400. The quantitative estimate of drug-likeness (QED) is 0.300. The fraction of sp³-hybridized carbons (Fsp3) is 0.500. The molecule has 0 radical (unpaired) electrons. The van der Waals surface area contributed by atoms with E-state index in [1.165, 1.54) is 13.8 Å². The molecule has 41 heavy (non-hydrogen) atoms. The molecule has 4 rings (SSSR count). The number of nitrogens with zero attached hydrogens (tertiary/aromatic N) is 2. The Morgan fingerprint density at radius 1 is 0.537 bits per heavy atom. The van der Waals surface area contributed by atoms with Crippen LogP contribution in [0.5, 0.6) is 0 Å². The molecule has 0 spiro atoms. The molecular weight excluding hydrogens is 655 g/mol. The molecule has 0 saturated heterocycles. The van der Waals surface area contributed by atoms with Gasteiger partial charge in [0.2, 0.25) is 0 Å². The van der Waals surface area contributed by atoms with E-state index >= 15 is 0 Å². The molecule has 0 bridgehead atoms. The van der Waals surface area contributed by atoms with Crippen molar-refractivity contribution >= 4 is 33.8 Å². The van der Waals surface area contributed by atoms with Crippen molar-refractivity contribution in [1.29, 1.82) is 0 Å². The zero-order valence-corrected chi connectivity index (χ0v) is 21.0. The highest BCUT2D eigenvalue weighted by atomic mass is 32.1. The minimum Gasteiger partial charge on any atom is -0.244 e. The highest BCUT2D eigenvalue weighted by Gasteiger charge is 2.87. The molecular formula is C20H9F17N2S2. The third kappa shape index (κ3) is 4.34. The monoisotopic (exact) mass is 664 g/mol. The molecule has 0 amide bonds. The van der Waals surface area contributed by atoms with Crippen LogP contribution in [0, 0.1) is 13.8 Å². The van der Waals surface area contributed by atoms with Crippen molar-refractivity contribution in [1.82, 2.24) is 9.97 Å². The summed E-state index contributed by atoms with van der Waals surface area (Å²) >= 11 is 0.629. The van der Waals surface area contributed by atoms with Crippen LogP contribution < -0.4 is 0 Å². The van der Waals surface area contributed by atoms with Gasteiger partial charge in [0.15, 0.2) is 5.83 Å². The number of aromatic nitrogens is 2. The predicted octanol–water partition coefficient (Wildman–Crippen LogP) is 9.08. The van der Waals surface area contributed by atoms with Gasteiger partial charge >= 0.3 is 47.4 Å². The van der Waals surface area contributed by atoms with Crippen molar-refractivity contribution in [3.8, 4) is 0 Å². The number of thiazole rings is 2. The van der Waals surface area contributed by atoms with E-state index < -0.39 is 80.4 Å². The van der Waals surface area contributed by atoms with Crippen molar-refractivity contribution in [3.63, 3.8) is 0 Å². The van der Waals surface area contributed by atoms with Crippen molar-refractivity contribution in [2.75, 3.05) is 0 Å². The Labute approximate surface area is 224 Å². The maximum atomic E-state index is 13.5. The maximum absolute atomic E-state index is 13.5. The third-order valence-corrected chi connectivity index (χ3v) is 7.43. The van der Waals surface area contributed by atoms with Crippen LogP contribution in [0.1, 0.15) is 19.8 Å². The van der Waals surface area contributed by atoms with Crippen LogP contribution in [0.25, 0.3) is 11.1 Å². The van der Waals surface area contributed by atoms with Crippen molar-refractivity contribution < 1.29 is 74.6 Å². The third-order valence-electron chi connectivity index (χ3n) is 5.55. The van der Waals surface area contributed by atoms with Crippen LogP contribution in [0.4, 0.5) is 74.6 Å². The molecule has 0 N–H and O–H groups in total. The normalized spacial score (nSPS) is 26.1. The van der Waals surface area contributed by atoms with Gasteiger partial charge in [-0.3, -0.25) is 0 Å². The maximum Gasteiger partial charge on any atom is 0.385 e. The van der Waals surface area contributed by atoms with Gasteiger partial charge < -0.3 is 0 Å². The van der Waals surface area contributed by atoms with E-state index in [1.54, 1.807) is 0 Å². The van der Waals surface area contributed by atoms with Gasteiger partial charge in [0.1, 0.15) is 15.6 Å². The summed E-state index contributed by atoms with van der Waals surface area (Å²) in [6, 6.07) is 0. The Balaban J connectivity index is 0.000000226. The zero-order valence-electron chi connectivity index (χ0n) is 19.4. The molecule has 2 nitrogen and oxygen atoms in total. The highest BCUT2D eigenvalue weighted by molar-refractivity contribution is 7.13. The van der Waals surface area contributed by atoms with E-state index in [0.717, 1.165) is 12.4 Å². The number of hydrogen-bond acceptors (Lipinski definition) is 4. The lowest BCUT2D eigenvalue weighted by Gasteiger charge is -2.41. The molecule has 2 aromatic heterocycles. The zero-order chi connectivity index (χ0) is 32.0. The molecule has 230 valence electrons. The molecule has 0 fully saturated rings. The first kappa shape index (κ1) is 33.1. The van der Waals surface area contributed by atoms with E-state index in [4.69, 9.17) is 0 Å². The second-order valence-electron chi connectivity index (χ2n) is 8.44. The van der Waals surface area contributed by atoms with Crippen LogP contribution >= 0.6 is 22.7 Å². The number of halogens is 17. The minimum atomic E-state index is -6.58. The Morgan fingerprint density at radius 3 is 1.34 bits per heavy atom. The van der Waals surface area contributed by atoms with Gasteiger partial charge in [-0.05, 0) is 13.8 Å². The SMILES string of the molecule is Cc1cnc(C2=C(F)C(F)(F)C(F)(F)C(F)(F)C2(F)F)s1.Cc1cnc(C2=CC(F)(F)C(F)(F)C(F)(F)C2(F)F)s1. The summed E-state index contributed by atoms with van der Waals surface area (Å²) in [7, 11) is 0. The minimum absolute atomic E-state index is 0.116.